The highest BCUT2D eigenvalue weighted by Gasteiger charge is 2.15. The van der Waals surface area contributed by atoms with Crippen LogP contribution >= 0.6 is 50.4 Å². The van der Waals surface area contributed by atoms with Crippen LogP contribution in [0, 0.1) is 0 Å². The van der Waals surface area contributed by atoms with Crippen molar-refractivity contribution in [3.63, 3.8) is 0 Å². The van der Waals surface area contributed by atoms with E-state index in [4.69, 9.17) is 0 Å². The third-order valence-electron chi connectivity index (χ3n) is 4.24. The minimum atomic E-state index is -0.130. The first-order chi connectivity index (χ1) is 15.1. The summed E-state index contributed by atoms with van der Waals surface area (Å²) in [5.41, 5.74) is 1.84. The second-order valence-corrected chi connectivity index (χ2v) is 10.2. The van der Waals surface area contributed by atoms with Crippen molar-refractivity contribution in [1.29, 1.82) is 0 Å². The quantitative estimate of drug-likeness (QED) is 0.220. The maximum absolute atomic E-state index is 12.5. The van der Waals surface area contributed by atoms with Gasteiger partial charge in [0.15, 0.2) is 10.3 Å². The Hall–Kier alpha value is -2.27. The van der Waals surface area contributed by atoms with E-state index in [-0.39, 0.29) is 11.7 Å². The number of benzene rings is 1. The van der Waals surface area contributed by atoms with Gasteiger partial charge in [-0.3, -0.25) is 4.79 Å². The fourth-order valence-electron chi connectivity index (χ4n) is 2.81. The minimum absolute atomic E-state index is 0.130. The van der Waals surface area contributed by atoms with Crippen LogP contribution in [0.3, 0.4) is 0 Å². The number of rotatable bonds is 9. The van der Waals surface area contributed by atoms with E-state index < -0.39 is 0 Å². The van der Waals surface area contributed by atoms with Crippen LogP contribution < -0.4 is 5.32 Å². The van der Waals surface area contributed by atoms with Crippen LogP contribution in [0.15, 0.2) is 69.4 Å². The van der Waals surface area contributed by atoms with Gasteiger partial charge in [0.25, 0.3) is 0 Å². The summed E-state index contributed by atoms with van der Waals surface area (Å²) >= 11 is 7.88. The van der Waals surface area contributed by atoms with Crippen LogP contribution in [0.4, 0.5) is 5.13 Å². The summed E-state index contributed by atoms with van der Waals surface area (Å²) in [7, 11) is 0. The summed E-state index contributed by atoms with van der Waals surface area (Å²) in [4.78, 5) is 18.2. The van der Waals surface area contributed by atoms with Crippen LogP contribution in [0.2, 0.25) is 0 Å². The Morgan fingerprint density at radius 3 is 2.81 bits per heavy atom. The predicted molar refractivity (Wildman–Crippen MR) is 132 cm³/mol. The molecule has 1 amide bonds. The highest BCUT2D eigenvalue weighted by Crippen LogP contribution is 2.26. The van der Waals surface area contributed by atoms with Gasteiger partial charge in [-0.15, -0.1) is 39.4 Å². The van der Waals surface area contributed by atoms with Gasteiger partial charge in [0.1, 0.15) is 5.82 Å². The van der Waals surface area contributed by atoms with Gasteiger partial charge in [-0.05, 0) is 23.6 Å². The SMILES string of the molecule is C=CCn1c(Cc2cccs2)nnc1SCC(=O)Nc1nc(-c2ccc(Br)cc2)cs1. The molecule has 0 saturated carbocycles. The van der Waals surface area contributed by atoms with E-state index >= 15 is 0 Å². The van der Waals surface area contributed by atoms with Crippen LogP contribution in [0.1, 0.15) is 10.7 Å². The lowest BCUT2D eigenvalue weighted by atomic mass is 10.2. The summed E-state index contributed by atoms with van der Waals surface area (Å²) in [6, 6.07) is 12.0. The average molecular weight is 533 g/mol. The number of thiazole rings is 1. The van der Waals surface area contributed by atoms with Crippen molar-refractivity contribution >= 4 is 61.4 Å². The van der Waals surface area contributed by atoms with E-state index in [1.807, 2.05) is 51.7 Å². The van der Waals surface area contributed by atoms with Crippen molar-refractivity contribution in [2.45, 2.75) is 18.1 Å². The molecule has 4 aromatic rings. The number of hydrogen-bond donors (Lipinski definition) is 1. The van der Waals surface area contributed by atoms with Crippen LogP contribution in [0.5, 0.6) is 0 Å². The Labute approximate surface area is 200 Å². The summed E-state index contributed by atoms with van der Waals surface area (Å²) in [5.74, 6) is 0.959. The first kappa shape index (κ1) is 21.9. The first-order valence-corrected chi connectivity index (χ1v) is 12.9. The molecular formula is C21H18BrN5OS3. The molecule has 3 aromatic heterocycles. The molecule has 4 rings (SSSR count). The Morgan fingerprint density at radius 2 is 2.06 bits per heavy atom. The lowest BCUT2D eigenvalue weighted by Crippen LogP contribution is -2.14. The molecule has 10 heteroatoms. The van der Waals surface area contributed by atoms with E-state index in [0.717, 1.165) is 21.6 Å². The maximum Gasteiger partial charge on any atom is 0.236 e. The monoisotopic (exact) mass is 531 g/mol. The Bertz CT molecular complexity index is 1170. The summed E-state index contributed by atoms with van der Waals surface area (Å²) in [5, 5.41) is 16.7. The highest BCUT2D eigenvalue weighted by atomic mass is 79.9. The average Bonchev–Trinajstić information content (AvgIpc) is 3.51. The number of thioether (sulfide) groups is 1. The van der Waals surface area contributed by atoms with E-state index in [1.54, 1.807) is 11.3 Å². The zero-order valence-corrected chi connectivity index (χ0v) is 20.4. The molecule has 1 aromatic carbocycles. The number of allylic oxidation sites excluding steroid dienone is 1. The Balaban J connectivity index is 1.37. The van der Waals surface area contributed by atoms with E-state index in [1.165, 1.54) is 28.0 Å². The van der Waals surface area contributed by atoms with Crippen LogP contribution in [0.25, 0.3) is 11.3 Å². The molecule has 0 radical (unpaired) electrons. The van der Waals surface area contributed by atoms with Crippen molar-refractivity contribution in [3.8, 4) is 11.3 Å². The van der Waals surface area contributed by atoms with Crippen molar-refractivity contribution in [1.82, 2.24) is 19.7 Å². The zero-order chi connectivity index (χ0) is 21.6. The predicted octanol–water partition coefficient (Wildman–Crippen LogP) is 5.73. The van der Waals surface area contributed by atoms with Gasteiger partial charge in [0, 0.05) is 33.3 Å². The molecule has 31 heavy (non-hydrogen) atoms. The summed E-state index contributed by atoms with van der Waals surface area (Å²) < 4.78 is 3.01. The molecule has 158 valence electrons. The molecule has 0 unspecified atom stereocenters. The Morgan fingerprint density at radius 1 is 1.23 bits per heavy atom. The van der Waals surface area contributed by atoms with E-state index in [0.29, 0.717) is 23.3 Å². The molecule has 0 spiro atoms. The molecule has 3 heterocycles. The summed E-state index contributed by atoms with van der Waals surface area (Å²) in [6.07, 6.45) is 2.52. The lowest BCUT2D eigenvalue weighted by Gasteiger charge is -2.07. The standard InChI is InChI=1S/C21H18BrN5OS3/c1-2-9-27-18(11-16-4-3-10-29-16)25-26-21(27)31-13-19(28)24-20-23-17(12-30-20)14-5-7-15(22)8-6-14/h2-8,10,12H,1,9,11,13H2,(H,23,24,28). The van der Waals surface area contributed by atoms with Crippen LogP contribution in [-0.4, -0.2) is 31.4 Å². The molecule has 6 nitrogen and oxygen atoms in total. The van der Waals surface area contributed by atoms with Crippen LogP contribution in [-0.2, 0) is 17.8 Å². The van der Waals surface area contributed by atoms with Crippen molar-refractivity contribution in [2.24, 2.45) is 0 Å². The number of nitrogens with one attached hydrogen (secondary N) is 1. The number of anilines is 1. The van der Waals surface area contributed by atoms with Gasteiger partial charge in [0.2, 0.25) is 5.91 Å². The topological polar surface area (TPSA) is 72.7 Å². The third-order valence-corrected chi connectivity index (χ3v) is 7.37. The van der Waals surface area contributed by atoms with Gasteiger partial charge >= 0.3 is 0 Å². The van der Waals surface area contributed by atoms with Crippen molar-refractivity contribution in [2.75, 3.05) is 11.1 Å². The van der Waals surface area contributed by atoms with E-state index in [2.05, 4.69) is 49.1 Å². The number of amides is 1. The molecule has 1 N–H and O–H groups in total. The number of halogens is 1. The molecule has 0 atom stereocenters. The molecule has 0 bridgehead atoms. The largest absolute Gasteiger partial charge is 0.302 e. The van der Waals surface area contributed by atoms with Crippen molar-refractivity contribution in [3.05, 3.63) is 75.0 Å². The number of nitrogens with zero attached hydrogens (tertiary/aromatic N) is 4. The molecule has 0 aliphatic carbocycles. The van der Waals surface area contributed by atoms with Gasteiger partial charge in [-0.1, -0.05) is 52.0 Å². The fourth-order valence-corrected chi connectivity index (χ4v) is 5.28. The molecular weight excluding hydrogens is 514 g/mol. The third kappa shape index (κ3) is 5.70. The van der Waals surface area contributed by atoms with Crippen molar-refractivity contribution < 1.29 is 4.79 Å². The molecule has 0 fully saturated rings. The summed E-state index contributed by atoms with van der Waals surface area (Å²) in [6.45, 7) is 4.42. The van der Waals surface area contributed by atoms with Gasteiger partial charge in [0.05, 0.1) is 11.4 Å². The van der Waals surface area contributed by atoms with Gasteiger partial charge < -0.3 is 9.88 Å². The number of hydrogen-bond acceptors (Lipinski definition) is 7. The number of thiophene rings is 1. The highest BCUT2D eigenvalue weighted by molar-refractivity contribution is 9.10. The van der Waals surface area contributed by atoms with Gasteiger partial charge in [-0.2, -0.15) is 0 Å². The van der Waals surface area contributed by atoms with E-state index in [9.17, 15) is 4.79 Å². The second kappa shape index (κ2) is 10.4. The second-order valence-electron chi connectivity index (χ2n) is 6.44. The zero-order valence-electron chi connectivity index (χ0n) is 16.3. The normalized spacial score (nSPS) is 10.9. The fraction of sp³-hybridized carbons (Fsp3) is 0.143. The first-order valence-electron chi connectivity index (χ1n) is 9.32. The van der Waals surface area contributed by atoms with Gasteiger partial charge in [-0.25, -0.2) is 4.98 Å². The Kier molecular flexibility index (Phi) is 7.33. The lowest BCUT2D eigenvalue weighted by molar-refractivity contribution is -0.113. The molecule has 0 aliphatic rings. The number of carbonyl (C=O) groups excluding carboxylic acids is 1. The minimum Gasteiger partial charge on any atom is -0.302 e. The smallest absolute Gasteiger partial charge is 0.236 e. The molecule has 0 saturated heterocycles. The molecule has 0 aliphatic heterocycles. The maximum atomic E-state index is 12.5. The number of aromatic nitrogens is 4. The number of carbonyl (C=O) groups is 1.